The molecule has 0 saturated heterocycles. The molecule has 0 saturated carbocycles. The van der Waals surface area contributed by atoms with E-state index in [4.69, 9.17) is 0 Å². The Morgan fingerprint density at radius 1 is 1.17 bits per heavy atom. The molecule has 1 amide bonds. The molecule has 2 aromatic rings. The van der Waals surface area contributed by atoms with Gasteiger partial charge in [0.25, 0.3) is 5.91 Å². The highest BCUT2D eigenvalue weighted by atomic mass is 16.1. The zero-order valence-corrected chi connectivity index (χ0v) is 18.3. The first-order valence-electron chi connectivity index (χ1n) is 10.1. The van der Waals surface area contributed by atoms with Crippen molar-refractivity contribution < 1.29 is 4.79 Å². The van der Waals surface area contributed by atoms with Crippen LogP contribution >= 0.6 is 0 Å². The van der Waals surface area contributed by atoms with E-state index in [2.05, 4.69) is 80.0 Å². The number of hydrogen-bond donors (Lipinski definition) is 1. The van der Waals surface area contributed by atoms with Gasteiger partial charge in [-0.25, -0.2) is 4.99 Å². The van der Waals surface area contributed by atoms with E-state index in [9.17, 15) is 4.79 Å². The van der Waals surface area contributed by atoms with Crippen LogP contribution in [0.4, 0.5) is 5.69 Å². The molecule has 0 aromatic heterocycles. The van der Waals surface area contributed by atoms with E-state index in [1.807, 2.05) is 31.3 Å². The molecule has 2 aromatic carbocycles. The van der Waals surface area contributed by atoms with Gasteiger partial charge in [-0.2, -0.15) is 0 Å². The Morgan fingerprint density at radius 3 is 2.45 bits per heavy atom. The van der Waals surface area contributed by atoms with Crippen molar-refractivity contribution in [2.45, 2.75) is 53.0 Å². The molecule has 0 fully saturated rings. The molecule has 0 aliphatic rings. The van der Waals surface area contributed by atoms with Gasteiger partial charge in [-0.1, -0.05) is 70.2 Å². The molecule has 0 atom stereocenters. The lowest BCUT2D eigenvalue weighted by Gasteiger charge is -2.25. The third-order valence-electron chi connectivity index (χ3n) is 4.94. The van der Waals surface area contributed by atoms with Crippen molar-refractivity contribution in [2.75, 3.05) is 12.0 Å². The quantitative estimate of drug-likeness (QED) is 0.357. The molecule has 154 valence electrons. The Kier molecular flexibility index (Phi) is 7.77. The molecule has 0 heterocycles. The fraction of sp³-hybridized carbons (Fsp3) is 0.360. The van der Waals surface area contributed by atoms with Crippen molar-refractivity contribution in [1.82, 2.24) is 4.90 Å². The second-order valence-electron chi connectivity index (χ2n) is 8.32. The lowest BCUT2D eigenvalue weighted by Crippen LogP contribution is -2.26. The second-order valence-corrected chi connectivity index (χ2v) is 8.32. The highest BCUT2D eigenvalue weighted by molar-refractivity contribution is 5.96. The van der Waals surface area contributed by atoms with Crippen LogP contribution in [0.3, 0.4) is 0 Å². The Labute approximate surface area is 175 Å². The average Bonchev–Trinajstić information content (AvgIpc) is 2.70. The fourth-order valence-electron chi connectivity index (χ4n) is 3.05. The first kappa shape index (κ1) is 22.4. The summed E-state index contributed by atoms with van der Waals surface area (Å²) < 4.78 is 0. The van der Waals surface area contributed by atoms with Gasteiger partial charge in [-0.15, -0.1) is 0 Å². The van der Waals surface area contributed by atoms with Crippen molar-refractivity contribution in [1.29, 1.82) is 0 Å². The van der Waals surface area contributed by atoms with Crippen molar-refractivity contribution in [3.8, 4) is 0 Å². The zero-order valence-electron chi connectivity index (χ0n) is 18.3. The van der Waals surface area contributed by atoms with E-state index in [1.54, 1.807) is 0 Å². The SMILES string of the molecule is C=NC(=O)/C(=C\N(CNc1cc(C(C)(C)C)ccc1C)Cc1ccccc1)CC. The lowest BCUT2D eigenvalue weighted by atomic mass is 9.86. The molecule has 4 heteroatoms. The number of benzene rings is 2. The summed E-state index contributed by atoms with van der Waals surface area (Å²) >= 11 is 0. The number of anilines is 1. The van der Waals surface area contributed by atoms with Crippen LogP contribution in [-0.2, 0) is 16.8 Å². The topological polar surface area (TPSA) is 44.7 Å². The molecule has 0 bridgehead atoms. The van der Waals surface area contributed by atoms with Gasteiger partial charge >= 0.3 is 0 Å². The standard InChI is InChI=1S/C25H33N3O/c1-7-21(24(29)26-6)17-28(16-20-11-9-8-10-12-20)18-27-23-15-22(25(3,4)5)14-13-19(23)2/h8-15,17,27H,6-7,16,18H2,1-5H3/b21-17-. The molecule has 0 spiro atoms. The highest BCUT2D eigenvalue weighted by Gasteiger charge is 2.15. The number of carbonyl (C=O) groups is 1. The highest BCUT2D eigenvalue weighted by Crippen LogP contribution is 2.27. The molecule has 0 unspecified atom stereocenters. The van der Waals surface area contributed by atoms with Crippen molar-refractivity contribution in [3.05, 3.63) is 77.0 Å². The van der Waals surface area contributed by atoms with Crippen LogP contribution in [-0.4, -0.2) is 24.2 Å². The largest absolute Gasteiger partial charge is 0.368 e. The molecule has 1 N–H and O–H groups in total. The summed E-state index contributed by atoms with van der Waals surface area (Å²) in [7, 11) is 0. The second kappa shape index (κ2) is 10.1. The van der Waals surface area contributed by atoms with Crippen LogP contribution in [0.25, 0.3) is 0 Å². The summed E-state index contributed by atoms with van der Waals surface area (Å²) in [6.07, 6.45) is 2.52. The van der Waals surface area contributed by atoms with Gasteiger partial charge in [0, 0.05) is 24.0 Å². The summed E-state index contributed by atoms with van der Waals surface area (Å²) in [4.78, 5) is 17.8. The average molecular weight is 392 g/mol. The van der Waals surface area contributed by atoms with E-state index in [-0.39, 0.29) is 11.3 Å². The van der Waals surface area contributed by atoms with Crippen molar-refractivity contribution >= 4 is 18.3 Å². The van der Waals surface area contributed by atoms with Gasteiger partial charge in [0.1, 0.15) is 0 Å². The molecule has 29 heavy (non-hydrogen) atoms. The van der Waals surface area contributed by atoms with E-state index in [0.717, 1.165) is 5.69 Å². The zero-order chi connectivity index (χ0) is 21.4. The molecular formula is C25H33N3O. The number of nitrogens with one attached hydrogen (secondary N) is 1. The number of nitrogens with zero attached hydrogens (tertiary/aromatic N) is 2. The summed E-state index contributed by atoms with van der Waals surface area (Å²) in [5.41, 5.74) is 5.51. The first-order chi connectivity index (χ1) is 13.7. The van der Waals surface area contributed by atoms with Gasteiger partial charge in [-0.05, 0) is 48.2 Å². The third kappa shape index (κ3) is 6.60. The van der Waals surface area contributed by atoms with E-state index in [0.29, 0.717) is 25.2 Å². The number of hydrogen-bond acceptors (Lipinski definition) is 3. The maximum Gasteiger partial charge on any atom is 0.273 e. The Bertz CT molecular complexity index is 863. The number of amides is 1. The number of rotatable bonds is 8. The number of carbonyl (C=O) groups excluding carboxylic acids is 1. The Balaban J connectivity index is 2.27. The molecule has 0 aliphatic carbocycles. The summed E-state index contributed by atoms with van der Waals surface area (Å²) in [5, 5.41) is 3.56. The first-order valence-corrected chi connectivity index (χ1v) is 10.1. The van der Waals surface area contributed by atoms with Crippen LogP contribution in [0.15, 0.2) is 65.3 Å². The Hall–Kier alpha value is -2.88. The van der Waals surface area contributed by atoms with E-state index in [1.165, 1.54) is 16.7 Å². The molecule has 0 radical (unpaired) electrons. The van der Waals surface area contributed by atoms with Crippen LogP contribution in [0, 0.1) is 6.92 Å². The van der Waals surface area contributed by atoms with Crippen LogP contribution in [0.5, 0.6) is 0 Å². The van der Waals surface area contributed by atoms with Gasteiger partial charge in [-0.3, -0.25) is 4.79 Å². The third-order valence-corrected chi connectivity index (χ3v) is 4.94. The molecular weight excluding hydrogens is 358 g/mol. The monoisotopic (exact) mass is 391 g/mol. The molecule has 4 nitrogen and oxygen atoms in total. The van der Waals surface area contributed by atoms with Crippen LogP contribution in [0.1, 0.15) is 50.8 Å². The Morgan fingerprint density at radius 2 is 1.86 bits per heavy atom. The summed E-state index contributed by atoms with van der Waals surface area (Å²) in [6.45, 7) is 15.4. The minimum atomic E-state index is -0.267. The molecule has 0 aliphatic heterocycles. The van der Waals surface area contributed by atoms with Crippen LogP contribution < -0.4 is 5.32 Å². The maximum absolute atomic E-state index is 12.1. The minimum absolute atomic E-state index is 0.0885. The van der Waals surface area contributed by atoms with Gasteiger partial charge in [0.05, 0.1) is 6.67 Å². The lowest BCUT2D eigenvalue weighted by molar-refractivity contribution is -0.114. The maximum atomic E-state index is 12.1. The number of aryl methyl sites for hydroxylation is 1. The van der Waals surface area contributed by atoms with Gasteiger partial charge in [0.2, 0.25) is 0 Å². The predicted octanol–water partition coefficient (Wildman–Crippen LogP) is 5.69. The van der Waals surface area contributed by atoms with Crippen LogP contribution in [0.2, 0.25) is 0 Å². The van der Waals surface area contributed by atoms with Gasteiger partial charge in [0.15, 0.2) is 0 Å². The van der Waals surface area contributed by atoms with E-state index < -0.39 is 0 Å². The predicted molar refractivity (Wildman–Crippen MR) is 123 cm³/mol. The normalized spacial score (nSPS) is 11.8. The molecule has 2 rings (SSSR count). The van der Waals surface area contributed by atoms with Crippen molar-refractivity contribution in [2.24, 2.45) is 4.99 Å². The minimum Gasteiger partial charge on any atom is -0.368 e. The number of aliphatic imine (C=N–C) groups is 1. The van der Waals surface area contributed by atoms with Crippen molar-refractivity contribution in [3.63, 3.8) is 0 Å². The fourth-order valence-corrected chi connectivity index (χ4v) is 3.05. The summed E-state index contributed by atoms with van der Waals surface area (Å²) in [5.74, 6) is -0.267. The smallest absolute Gasteiger partial charge is 0.273 e. The summed E-state index contributed by atoms with van der Waals surface area (Å²) in [6, 6.07) is 16.8. The van der Waals surface area contributed by atoms with Gasteiger partial charge < -0.3 is 10.2 Å². The van der Waals surface area contributed by atoms with E-state index >= 15 is 0 Å².